The largest absolute Gasteiger partial charge is 0.480 e. The minimum Gasteiger partial charge on any atom is -0.480 e. The summed E-state index contributed by atoms with van der Waals surface area (Å²) >= 11 is 0. The molecule has 1 aromatic rings. The molecule has 1 aromatic heterocycles. The summed E-state index contributed by atoms with van der Waals surface area (Å²) in [5, 5.41) is 2.94. The minimum absolute atomic E-state index is 0.159. The van der Waals surface area contributed by atoms with Gasteiger partial charge in [0.15, 0.2) is 0 Å². The molecule has 18 heavy (non-hydrogen) atoms. The molecule has 6 heteroatoms. The summed E-state index contributed by atoms with van der Waals surface area (Å²) in [5.74, 6) is 0.247. The molecule has 100 valence electrons. The van der Waals surface area contributed by atoms with Gasteiger partial charge in [-0.1, -0.05) is 0 Å². The van der Waals surface area contributed by atoms with E-state index in [-0.39, 0.29) is 5.91 Å². The van der Waals surface area contributed by atoms with Crippen LogP contribution in [0.5, 0.6) is 5.88 Å². The Morgan fingerprint density at radius 2 is 2.17 bits per heavy atom. The number of ether oxygens (including phenoxy) is 2. The van der Waals surface area contributed by atoms with Gasteiger partial charge < -0.3 is 19.7 Å². The molecule has 0 aromatic carbocycles. The minimum atomic E-state index is -0.159. The zero-order valence-electron chi connectivity index (χ0n) is 11.2. The van der Waals surface area contributed by atoms with Crippen LogP contribution in [-0.2, 0) is 4.74 Å². The zero-order valence-corrected chi connectivity index (χ0v) is 11.2. The van der Waals surface area contributed by atoms with Crippen molar-refractivity contribution in [3.8, 4) is 5.88 Å². The van der Waals surface area contributed by atoms with E-state index in [1.807, 2.05) is 0 Å². The van der Waals surface area contributed by atoms with E-state index in [0.717, 1.165) is 5.69 Å². The molecule has 0 fully saturated rings. The molecule has 0 aliphatic heterocycles. The first-order chi connectivity index (χ1) is 8.63. The maximum atomic E-state index is 12.1. The summed E-state index contributed by atoms with van der Waals surface area (Å²) in [4.78, 5) is 17.8. The van der Waals surface area contributed by atoms with Crippen LogP contribution in [0.25, 0.3) is 0 Å². The Hall–Kier alpha value is -1.82. The smallest absolute Gasteiger partial charge is 0.272 e. The highest BCUT2D eigenvalue weighted by atomic mass is 16.5. The number of rotatable bonds is 6. The molecule has 0 spiro atoms. The second kappa shape index (κ2) is 6.80. The molecule has 0 aliphatic rings. The lowest BCUT2D eigenvalue weighted by Crippen LogP contribution is -2.30. The maximum Gasteiger partial charge on any atom is 0.272 e. The van der Waals surface area contributed by atoms with Crippen molar-refractivity contribution in [2.75, 3.05) is 46.8 Å². The topological polar surface area (TPSA) is 63.7 Å². The Bertz CT molecular complexity index is 410. The predicted molar refractivity (Wildman–Crippen MR) is 69.2 cm³/mol. The Labute approximate surface area is 107 Å². The maximum absolute atomic E-state index is 12.1. The summed E-state index contributed by atoms with van der Waals surface area (Å²) in [5.41, 5.74) is 1.10. The third-order valence-corrected chi connectivity index (χ3v) is 2.52. The van der Waals surface area contributed by atoms with Crippen molar-refractivity contribution < 1.29 is 14.3 Å². The number of aromatic nitrogens is 1. The van der Waals surface area contributed by atoms with E-state index < -0.39 is 0 Å². The summed E-state index contributed by atoms with van der Waals surface area (Å²) in [6.07, 6.45) is 0. The van der Waals surface area contributed by atoms with Gasteiger partial charge in [-0.05, 0) is 12.1 Å². The average Bonchev–Trinajstić information content (AvgIpc) is 2.42. The average molecular weight is 253 g/mol. The van der Waals surface area contributed by atoms with Gasteiger partial charge in [-0.25, -0.2) is 4.98 Å². The molecule has 1 heterocycles. The van der Waals surface area contributed by atoms with Gasteiger partial charge >= 0.3 is 0 Å². The number of hydrogen-bond acceptors (Lipinski definition) is 5. The van der Waals surface area contributed by atoms with Crippen LogP contribution in [0.2, 0.25) is 0 Å². The molecule has 0 bridgehead atoms. The number of anilines is 1. The van der Waals surface area contributed by atoms with Crippen LogP contribution in [0.1, 0.15) is 10.5 Å². The molecule has 0 saturated carbocycles. The highest BCUT2D eigenvalue weighted by molar-refractivity contribution is 5.92. The normalized spacial score (nSPS) is 10.0. The van der Waals surface area contributed by atoms with Gasteiger partial charge in [0.05, 0.1) is 19.4 Å². The number of nitrogens with zero attached hydrogens (tertiary/aromatic N) is 2. The molecule has 1 amide bonds. The number of nitrogens with one attached hydrogen (secondary N) is 1. The third-order valence-electron chi connectivity index (χ3n) is 2.52. The zero-order chi connectivity index (χ0) is 13.5. The van der Waals surface area contributed by atoms with E-state index in [1.165, 1.54) is 7.11 Å². The lowest BCUT2D eigenvalue weighted by molar-refractivity contribution is 0.0738. The Morgan fingerprint density at radius 1 is 1.44 bits per heavy atom. The van der Waals surface area contributed by atoms with Gasteiger partial charge in [-0.15, -0.1) is 0 Å². The molecular formula is C12H19N3O3. The second-order valence-corrected chi connectivity index (χ2v) is 3.72. The molecule has 0 radical (unpaired) electrons. The van der Waals surface area contributed by atoms with Gasteiger partial charge in [0.2, 0.25) is 5.88 Å². The number of pyridine rings is 1. The molecule has 0 aliphatic carbocycles. The van der Waals surface area contributed by atoms with Gasteiger partial charge in [-0.2, -0.15) is 0 Å². The lowest BCUT2D eigenvalue weighted by atomic mass is 10.3. The molecule has 0 atom stereocenters. The number of carbonyl (C=O) groups is 1. The molecule has 1 N–H and O–H groups in total. The molecule has 6 nitrogen and oxygen atoms in total. The van der Waals surface area contributed by atoms with Crippen LogP contribution in [0.4, 0.5) is 5.69 Å². The Morgan fingerprint density at radius 3 is 2.72 bits per heavy atom. The van der Waals surface area contributed by atoms with Crippen LogP contribution in [0.3, 0.4) is 0 Å². The van der Waals surface area contributed by atoms with Crippen LogP contribution in [0, 0.1) is 0 Å². The first-order valence-electron chi connectivity index (χ1n) is 5.61. The van der Waals surface area contributed by atoms with Crippen LogP contribution in [-0.4, -0.2) is 57.3 Å². The Balaban J connectivity index is 2.86. The SMILES string of the molecule is CNc1ccc(C(=O)N(C)CCOC)nc1OC. The number of carbonyl (C=O) groups excluding carboxylic acids is 1. The summed E-state index contributed by atoms with van der Waals surface area (Å²) < 4.78 is 10.0. The first-order valence-corrected chi connectivity index (χ1v) is 5.61. The van der Waals surface area contributed by atoms with E-state index in [9.17, 15) is 4.79 Å². The number of likely N-dealkylation sites (N-methyl/N-ethyl adjacent to an activating group) is 1. The standard InChI is InChI=1S/C12H19N3O3/c1-13-9-5-6-10(14-11(9)18-4)12(16)15(2)7-8-17-3/h5-6,13H,7-8H2,1-4H3. The van der Waals surface area contributed by atoms with Crippen LogP contribution >= 0.6 is 0 Å². The van der Waals surface area contributed by atoms with Gasteiger partial charge in [-0.3, -0.25) is 4.79 Å². The van der Waals surface area contributed by atoms with E-state index in [2.05, 4.69) is 10.3 Å². The van der Waals surface area contributed by atoms with E-state index in [0.29, 0.717) is 24.7 Å². The monoisotopic (exact) mass is 253 g/mol. The van der Waals surface area contributed by atoms with Gasteiger partial charge in [0.1, 0.15) is 5.69 Å². The number of methoxy groups -OCH3 is 2. The fourth-order valence-electron chi connectivity index (χ4n) is 1.43. The van der Waals surface area contributed by atoms with E-state index in [1.54, 1.807) is 38.2 Å². The van der Waals surface area contributed by atoms with Gasteiger partial charge in [0, 0.05) is 27.7 Å². The van der Waals surface area contributed by atoms with E-state index in [4.69, 9.17) is 9.47 Å². The molecule has 1 rings (SSSR count). The van der Waals surface area contributed by atoms with Crippen molar-refractivity contribution in [3.05, 3.63) is 17.8 Å². The van der Waals surface area contributed by atoms with Crippen molar-refractivity contribution in [2.24, 2.45) is 0 Å². The lowest BCUT2D eigenvalue weighted by Gasteiger charge is -2.16. The fourth-order valence-corrected chi connectivity index (χ4v) is 1.43. The van der Waals surface area contributed by atoms with Gasteiger partial charge in [0.25, 0.3) is 5.91 Å². The molecule has 0 unspecified atom stereocenters. The first kappa shape index (κ1) is 14.2. The Kier molecular flexibility index (Phi) is 5.38. The number of hydrogen-bond donors (Lipinski definition) is 1. The van der Waals surface area contributed by atoms with E-state index >= 15 is 0 Å². The number of amides is 1. The summed E-state index contributed by atoms with van der Waals surface area (Å²) in [6.45, 7) is 1.01. The quantitative estimate of drug-likeness (QED) is 0.814. The highest BCUT2D eigenvalue weighted by Gasteiger charge is 2.15. The third kappa shape index (κ3) is 3.33. The van der Waals surface area contributed by atoms with Crippen molar-refractivity contribution in [3.63, 3.8) is 0 Å². The fraction of sp³-hybridized carbons (Fsp3) is 0.500. The van der Waals surface area contributed by atoms with Crippen molar-refractivity contribution in [2.45, 2.75) is 0 Å². The molecule has 0 saturated heterocycles. The van der Waals surface area contributed by atoms with Crippen molar-refractivity contribution in [1.82, 2.24) is 9.88 Å². The molecular weight excluding hydrogens is 234 g/mol. The van der Waals surface area contributed by atoms with Crippen molar-refractivity contribution >= 4 is 11.6 Å². The van der Waals surface area contributed by atoms with Crippen molar-refractivity contribution in [1.29, 1.82) is 0 Å². The summed E-state index contributed by atoms with van der Waals surface area (Å²) in [6, 6.07) is 3.43. The van der Waals surface area contributed by atoms with Crippen LogP contribution < -0.4 is 10.1 Å². The predicted octanol–water partition coefficient (Wildman–Crippen LogP) is 0.850. The second-order valence-electron chi connectivity index (χ2n) is 3.72. The summed E-state index contributed by atoms with van der Waals surface area (Å²) in [7, 11) is 6.60. The highest BCUT2D eigenvalue weighted by Crippen LogP contribution is 2.21. The van der Waals surface area contributed by atoms with Crippen LogP contribution in [0.15, 0.2) is 12.1 Å².